The summed E-state index contributed by atoms with van der Waals surface area (Å²) in [5.41, 5.74) is 3.26. The summed E-state index contributed by atoms with van der Waals surface area (Å²) in [6.45, 7) is 6.94. The van der Waals surface area contributed by atoms with Crippen LogP contribution in [0.5, 0.6) is 5.75 Å². The minimum atomic E-state index is -4.74. The van der Waals surface area contributed by atoms with E-state index in [2.05, 4.69) is 39.3 Å². The topological polar surface area (TPSA) is 69.7 Å². The number of aryl methyl sites for hydroxylation is 2. The molecule has 1 aliphatic rings. The van der Waals surface area contributed by atoms with Crippen molar-refractivity contribution in [2.75, 3.05) is 31.6 Å². The van der Waals surface area contributed by atoms with Crippen molar-refractivity contribution >= 4 is 34.3 Å². The first-order chi connectivity index (χ1) is 19.1. The molecular weight excluding hydrogens is 559 g/mol. The second-order valence-electron chi connectivity index (χ2n) is 9.53. The van der Waals surface area contributed by atoms with E-state index in [1.165, 1.54) is 29.6 Å². The summed E-state index contributed by atoms with van der Waals surface area (Å²) < 4.78 is 43.7. The number of nitrogens with one attached hydrogen (secondary N) is 2. The van der Waals surface area contributed by atoms with Gasteiger partial charge in [0.05, 0.1) is 5.69 Å². The largest absolute Gasteiger partial charge is 0.573 e. The van der Waals surface area contributed by atoms with Crippen LogP contribution in [0.4, 0.5) is 18.3 Å². The number of aromatic nitrogens is 1. The van der Waals surface area contributed by atoms with Crippen LogP contribution in [0.15, 0.2) is 53.4 Å². The highest BCUT2D eigenvalue weighted by molar-refractivity contribution is 7.97. The standard InChI is InChI=1S/C28H34F3N5O2S2/c1-4-5-20-6-8-21(9-7-20)16-33-26(37)24-18-35(27-34-19(2)25(39-27)17-32-3)14-15-36(24)40-23-12-10-22(11-13-23)38-28(29,30)31/h6-13,24,32H,4-5,14-18H2,1-3H3,(H,33,37)/t24-/m1/s1. The molecule has 1 atom stereocenters. The first kappa shape index (κ1) is 30.2. The van der Waals surface area contributed by atoms with Crippen molar-refractivity contribution in [1.82, 2.24) is 19.9 Å². The minimum absolute atomic E-state index is 0.115. The highest BCUT2D eigenvalue weighted by Gasteiger charge is 2.35. The average molecular weight is 594 g/mol. The molecule has 7 nitrogen and oxygen atoms in total. The highest BCUT2D eigenvalue weighted by Crippen LogP contribution is 2.33. The van der Waals surface area contributed by atoms with Crippen molar-refractivity contribution in [2.45, 2.75) is 57.1 Å². The summed E-state index contributed by atoms with van der Waals surface area (Å²) in [5.74, 6) is -0.395. The first-order valence-corrected chi connectivity index (χ1v) is 14.8. The molecule has 1 fully saturated rings. The highest BCUT2D eigenvalue weighted by atomic mass is 32.2. The fourth-order valence-corrected chi connectivity index (χ4v) is 6.49. The minimum Gasteiger partial charge on any atom is -0.406 e. The normalized spacial score (nSPS) is 16.2. The number of piperazine rings is 1. The van der Waals surface area contributed by atoms with Crippen molar-refractivity contribution < 1.29 is 22.7 Å². The molecule has 2 N–H and O–H groups in total. The van der Waals surface area contributed by atoms with Crippen molar-refractivity contribution in [3.8, 4) is 5.75 Å². The molecule has 3 aromatic rings. The lowest BCUT2D eigenvalue weighted by molar-refractivity contribution is -0.274. The number of alkyl halides is 3. The molecule has 1 aromatic heterocycles. The van der Waals surface area contributed by atoms with Crippen LogP contribution in [-0.4, -0.2) is 54.3 Å². The van der Waals surface area contributed by atoms with Crippen molar-refractivity contribution in [1.29, 1.82) is 0 Å². The second kappa shape index (κ2) is 13.7. The van der Waals surface area contributed by atoms with Gasteiger partial charge in [-0.1, -0.05) is 37.6 Å². The van der Waals surface area contributed by atoms with Crippen LogP contribution in [0, 0.1) is 6.92 Å². The third-order valence-electron chi connectivity index (χ3n) is 6.43. The molecule has 12 heteroatoms. The molecule has 0 aliphatic carbocycles. The summed E-state index contributed by atoms with van der Waals surface area (Å²) in [7, 11) is 1.90. The van der Waals surface area contributed by atoms with Crippen LogP contribution >= 0.6 is 23.3 Å². The molecule has 0 spiro atoms. The van der Waals surface area contributed by atoms with E-state index in [0.717, 1.165) is 40.7 Å². The number of hydrogen-bond donors (Lipinski definition) is 2. The maximum Gasteiger partial charge on any atom is 0.573 e. The molecule has 1 aliphatic heterocycles. The fourth-order valence-electron chi connectivity index (χ4n) is 4.39. The fraction of sp³-hybridized carbons (Fsp3) is 0.429. The molecule has 216 valence electrons. The Morgan fingerprint density at radius 2 is 1.80 bits per heavy atom. The van der Waals surface area contributed by atoms with Gasteiger partial charge in [0.25, 0.3) is 0 Å². The molecule has 1 saturated heterocycles. The number of benzene rings is 2. The smallest absolute Gasteiger partial charge is 0.406 e. The second-order valence-corrected chi connectivity index (χ2v) is 11.7. The van der Waals surface area contributed by atoms with Gasteiger partial charge in [-0.3, -0.25) is 4.79 Å². The lowest BCUT2D eigenvalue weighted by Gasteiger charge is -2.39. The third-order valence-corrected chi connectivity index (χ3v) is 8.80. The molecule has 0 bridgehead atoms. The lowest BCUT2D eigenvalue weighted by atomic mass is 10.1. The van der Waals surface area contributed by atoms with Gasteiger partial charge in [0.1, 0.15) is 11.8 Å². The summed E-state index contributed by atoms with van der Waals surface area (Å²) in [4.78, 5) is 22.3. The Balaban J connectivity index is 1.48. The van der Waals surface area contributed by atoms with Gasteiger partial charge in [-0.15, -0.1) is 24.5 Å². The van der Waals surface area contributed by atoms with Crippen LogP contribution in [0.2, 0.25) is 0 Å². The van der Waals surface area contributed by atoms with Gasteiger partial charge < -0.3 is 20.3 Å². The summed E-state index contributed by atoms with van der Waals surface area (Å²) in [5, 5.41) is 7.13. The molecule has 0 radical (unpaired) electrons. The van der Waals surface area contributed by atoms with Gasteiger partial charge in [-0.25, -0.2) is 9.29 Å². The van der Waals surface area contributed by atoms with E-state index in [1.54, 1.807) is 23.5 Å². The number of amides is 1. The van der Waals surface area contributed by atoms with Crippen molar-refractivity contribution in [3.63, 3.8) is 0 Å². The Hall–Kier alpha value is -2.80. The predicted octanol–water partition coefficient (Wildman–Crippen LogP) is 5.54. The Labute approximate surface area is 241 Å². The van der Waals surface area contributed by atoms with E-state index in [-0.39, 0.29) is 11.7 Å². The maximum atomic E-state index is 13.5. The number of rotatable bonds is 11. The monoisotopic (exact) mass is 593 g/mol. The van der Waals surface area contributed by atoms with Crippen molar-refractivity contribution in [3.05, 3.63) is 70.2 Å². The zero-order chi connectivity index (χ0) is 28.7. The van der Waals surface area contributed by atoms with Gasteiger partial charge in [-0.2, -0.15) is 0 Å². The number of carbonyl (C=O) groups excluding carboxylic acids is 1. The number of nitrogens with zero attached hydrogens (tertiary/aromatic N) is 3. The molecule has 1 amide bonds. The molecule has 0 unspecified atom stereocenters. The van der Waals surface area contributed by atoms with E-state index in [0.29, 0.717) is 31.1 Å². The van der Waals surface area contributed by atoms with Crippen LogP contribution in [0.25, 0.3) is 0 Å². The number of hydrogen-bond acceptors (Lipinski definition) is 8. The van der Waals surface area contributed by atoms with E-state index < -0.39 is 12.4 Å². The SMILES string of the molecule is CCCc1ccc(CNC(=O)[C@H]2CN(c3nc(C)c(CNC)s3)CCN2Sc2ccc(OC(F)(F)F)cc2)cc1. The number of thiazole rings is 1. The van der Waals surface area contributed by atoms with Gasteiger partial charge >= 0.3 is 6.36 Å². The van der Waals surface area contributed by atoms with E-state index in [9.17, 15) is 18.0 Å². The van der Waals surface area contributed by atoms with Crippen molar-refractivity contribution in [2.24, 2.45) is 0 Å². The van der Waals surface area contributed by atoms with E-state index >= 15 is 0 Å². The zero-order valence-corrected chi connectivity index (χ0v) is 24.4. The zero-order valence-electron chi connectivity index (χ0n) is 22.8. The quantitative estimate of drug-likeness (QED) is 0.283. The maximum absolute atomic E-state index is 13.5. The molecule has 2 heterocycles. The Kier molecular flexibility index (Phi) is 10.3. The predicted molar refractivity (Wildman–Crippen MR) is 154 cm³/mol. The van der Waals surface area contributed by atoms with Crippen LogP contribution in [0.3, 0.4) is 0 Å². The number of carbonyl (C=O) groups is 1. The van der Waals surface area contributed by atoms with Crippen LogP contribution in [-0.2, 0) is 24.3 Å². The Morgan fingerprint density at radius 1 is 1.10 bits per heavy atom. The first-order valence-electron chi connectivity index (χ1n) is 13.2. The van der Waals surface area contributed by atoms with Crippen LogP contribution in [0.1, 0.15) is 35.0 Å². The molecular formula is C28H34F3N5O2S2. The lowest BCUT2D eigenvalue weighted by Crippen LogP contribution is -2.56. The molecule has 2 aromatic carbocycles. The Bertz CT molecular complexity index is 1250. The number of halogens is 3. The summed E-state index contributed by atoms with van der Waals surface area (Å²) >= 11 is 2.97. The Morgan fingerprint density at radius 3 is 2.45 bits per heavy atom. The van der Waals surface area contributed by atoms with Gasteiger partial charge in [-0.05, 0) is 67.7 Å². The average Bonchev–Trinajstić information content (AvgIpc) is 3.29. The van der Waals surface area contributed by atoms with Gasteiger partial charge in [0.15, 0.2) is 5.13 Å². The van der Waals surface area contributed by atoms with Crippen LogP contribution < -0.4 is 20.3 Å². The summed E-state index contributed by atoms with van der Waals surface area (Å²) in [6.07, 6.45) is -2.65. The molecule has 40 heavy (non-hydrogen) atoms. The number of anilines is 1. The van der Waals surface area contributed by atoms with Gasteiger partial charge in [0.2, 0.25) is 5.91 Å². The van der Waals surface area contributed by atoms with E-state index in [4.69, 9.17) is 4.98 Å². The molecule has 4 rings (SSSR count). The molecule has 0 saturated carbocycles. The van der Waals surface area contributed by atoms with E-state index in [1.807, 2.05) is 30.4 Å². The third kappa shape index (κ3) is 8.35. The summed E-state index contributed by atoms with van der Waals surface area (Å²) in [6, 6.07) is 13.5. The number of ether oxygens (including phenoxy) is 1. The van der Waals surface area contributed by atoms with Gasteiger partial charge in [0, 0.05) is 42.5 Å².